The molecule has 0 saturated carbocycles. The molecular formula is C18H15NO3S. The van der Waals surface area contributed by atoms with E-state index in [0.29, 0.717) is 5.36 Å². The Morgan fingerprint density at radius 1 is 0.783 bits per heavy atom. The molecule has 3 aromatic rings. The highest BCUT2D eigenvalue weighted by Gasteiger charge is 2.14. The van der Waals surface area contributed by atoms with E-state index in [1.54, 1.807) is 24.3 Å². The van der Waals surface area contributed by atoms with Gasteiger partial charge in [0.1, 0.15) is 10.3 Å². The van der Waals surface area contributed by atoms with Crippen molar-refractivity contribution in [2.24, 2.45) is 5.16 Å². The van der Waals surface area contributed by atoms with Crippen LogP contribution in [0.4, 0.5) is 0 Å². The van der Waals surface area contributed by atoms with Crippen molar-refractivity contribution >= 4 is 20.9 Å². The van der Waals surface area contributed by atoms with Gasteiger partial charge in [-0.25, -0.2) is 0 Å². The fourth-order valence-electron chi connectivity index (χ4n) is 2.12. The highest BCUT2D eigenvalue weighted by atomic mass is 32.2. The molecule has 0 radical (unpaired) electrons. The molecule has 0 spiro atoms. The van der Waals surface area contributed by atoms with E-state index < -0.39 is 10.1 Å². The topological polar surface area (TPSA) is 55.7 Å². The minimum Gasteiger partial charge on any atom is -0.264 e. The largest absolute Gasteiger partial charge is 0.358 e. The van der Waals surface area contributed by atoms with Crippen LogP contribution in [0.5, 0.6) is 0 Å². The predicted octanol–water partition coefficient (Wildman–Crippen LogP) is 3.37. The molecule has 0 aliphatic carbocycles. The summed E-state index contributed by atoms with van der Waals surface area (Å²) in [6.45, 7) is 1.89. The lowest BCUT2D eigenvalue weighted by Crippen LogP contribution is -2.06. The van der Waals surface area contributed by atoms with Gasteiger partial charge in [0.2, 0.25) is 0 Å². The van der Waals surface area contributed by atoms with Crippen molar-refractivity contribution < 1.29 is 12.7 Å². The van der Waals surface area contributed by atoms with E-state index in [4.69, 9.17) is 4.28 Å². The molecule has 23 heavy (non-hydrogen) atoms. The minimum atomic E-state index is -3.91. The lowest BCUT2D eigenvalue weighted by molar-refractivity contribution is 0.325. The Hall–Kier alpha value is -2.66. The summed E-state index contributed by atoms with van der Waals surface area (Å²) in [5, 5.41) is 6.25. The first-order valence-corrected chi connectivity index (χ1v) is 8.49. The molecule has 0 aliphatic heterocycles. The minimum absolute atomic E-state index is 0.0808. The SMILES string of the molecule is Cc1ccc(S(=O)(=O)ON=c2ccc3ccccc3cc2)cc1. The van der Waals surface area contributed by atoms with Crippen LogP contribution in [-0.2, 0) is 14.4 Å². The van der Waals surface area contributed by atoms with Crippen molar-refractivity contribution in [3.05, 3.63) is 83.7 Å². The Bertz CT molecular complexity index is 969. The highest BCUT2D eigenvalue weighted by molar-refractivity contribution is 7.86. The third-order valence-electron chi connectivity index (χ3n) is 3.41. The van der Waals surface area contributed by atoms with E-state index in [1.807, 2.05) is 43.3 Å². The molecule has 0 amide bonds. The molecule has 0 fully saturated rings. The molecule has 5 heteroatoms. The molecular weight excluding hydrogens is 310 g/mol. The standard InChI is InChI=1S/C18H15NO3S/c1-14-6-12-18(13-7-14)23(20,21)22-19-17-10-8-15-4-2-3-5-16(15)9-11-17/h2-13H,1H3. The number of fused-ring (bicyclic) bond motifs is 1. The van der Waals surface area contributed by atoms with E-state index in [9.17, 15) is 8.42 Å². The number of aryl methyl sites for hydroxylation is 1. The van der Waals surface area contributed by atoms with Crippen LogP contribution < -0.4 is 5.36 Å². The second kappa shape index (κ2) is 6.22. The molecule has 0 aliphatic rings. The van der Waals surface area contributed by atoms with Crippen LogP contribution in [0.25, 0.3) is 10.8 Å². The fraction of sp³-hybridized carbons (Fsp3) is 0.0556. The maximum absolute atomic E-state index is 12.1. The number of nitrogens with zero attached hydrogens (tertiary/aromatic N) is 1. The van der Waals surface area contributed by atoms with Crippen molar-refractivity contribution in [3.8, 4) is 0 Å². The second-order valence-corrected chi connectivity index (χ2v) is 6.68. The van der Waals surface area contributed by atoms with Gasteiger partial charge < -0.3 is 0 Å². The molecule has 0 atom stereocenters. The Morgan fingerprint density at radius 2 is 1.35 bits per heavy atom. The first-order valence-electron chi connectivity index (χ1n) is 7.08. The van der Waals surface area contributed by atoms with Crippen LogP contribution in [-0.4, -0.2) is 8.42 Å². The van der Waals surface area contributed by atoms with Crippen LogP contribution in [0.15, 0.2) is 82.8 Å². The smallest absolute Gasteiger partial charge is 0.264 e. The van der Waals surface area contributed by atoms with Gasteiger partial charge in [-0.2, -0.15) is 8.42 Å². The Balaban J connectivity index is 1.94. The first kappa shape index (κ1) is 15.2. The molecule has 0 saturated heterocycles. The number of benzene rings is 2. The number of hydrogen-bond acceptors (Lipinski definition) is 4. The molecule has 116 valence electrons. The maximum Gasteiger partial charge on any atom is 0.358 e. The summed E-state index contributed by atoms with van der Waals surface area (Å²) < 4.78 is 29.0. The van der Waals surface area contributed by atoms with E-state index in [0.717, 1.165) is 16.3 Å². The zero-order chi connectivity index (χ0) is 16.3. The summed E-state index contributed by atoms with van der Waals surface area (Å²) in [7, 11) is -3.91. The Morgan fingerprint density at radius 3 is 1.91 bits per heavy atom. The molecule has 0 N–H and O–H groups in total. The third-order valence-corrected chi connectivity index (χ3v) is 4.53. The van der Waals surface area contributed by atoms with Gasteiger partial charge in [0.25, 0.3) is 0 Å². The second-order valence-electron chi connectivity index (χ2n) is 5.15. The van der Waals surface area contributed by atoms with E-state index in [1.165, 1.54) is 12.1 Å². The van der Waals surface area contributed by atoms with Crippen LogP contribution >= 0.6 is 0 Å². The maximum atomic E-state index is 12.1. The molecule has 3 rings (SSSR count). The van der Waals surface area contributed by atoms with Crippen LogP contribution in [0.2, 0.25) is 0 Å². The van der Waals surface area contributed by atoms with Crippen LogP contribution in [0.3, 0.4) is 0 Å². The van der Waals surface area contributed by atoms with Gasteiger partial charge in [0.05, 0.1) is 0 Å². The predicted molar refractivity (Wildman–Crippen MR) is 89.0 cm³/mol. The average molecular weight is 325 g/mol. The Kier molecular flexibility index (Phi) is 4.12. The third kappa shape index (κ3) is 3.57. The zero-order valence-electron chi connectivity index (χ0n) is 12.5. The van der Waals surface area contributed by atoms with Crippen molar-refractivity contribution in [2.75, 3.05) is 0 Å². The molecule has 4 nitrogen and oxygen atoms in total. The molecule has 0 unspecified atom stereocenters. The molecule has 0 heterocycles. The summed E-state index contributed by atoms with van der Waals surface area (Å²) in [5.74, 6) is 0. The quantitative estimate of drug-likeness (QED) is 0.694. The summed E-state index contributed by atoms with van der Waals surface area (Å²) in [4.78, 5) is 0.0808. The lowest BCUT2D eigenvalue weighted by Gasteiger charge is -2.01. The van der Waals surface area contributed by atoms with Gasteiger partial charge in [-0.05, 0) is 42.0 Å². The van der Waals surface area contributed by atoms with E-state index in [2.05, 4.69) is 5.16 Å². The zero-order valence-corrected chi connectivity index (χ0v) is 13.3. The molecule has 0 aromatic heterocycles. The molecule has 3 aromatic carbocycles. The molecule has 0 bridgehead atoms. The fourth-order valence-corrected chi connectivity index (χ4v) is 2.86. The van der Waals surface area contributed by atoms with E-state index in [-0.39, 0.29) is 4.90 Å². The van der Waals surface area contributed by atoms with Gasteiger partial charge in [-0.3, -0.25) is 4.28 Å². The summed E-state index contributed by atoms with van der Waals surface area (Å²) in [5.41, 5.74) is 0.975. The van der Waals surface area contributed by atoms with Crippen molar-refractivity contribution in [1.82, 2.24) is 0 Å². The normalized spacial score (nSPS) is 11.2. The van der Waals surface area contributed by atoms with Crippen molar-refractivity contribution in [1.29, 1.82) is 0 Å². The highest BCUT2D eigenvalue weighted by Crippen LogP contribution is 2.13. The Labute approximate surface area is 134 Å². The van der Waals surface area contributed by atoms with Gasteiger partial charge >= 0.3 is 10.1 Å². The van der Waals surface area contributed by atoms with Crippen LogP contribution in [0.1, 0.15) is 5.56 Å². The number of rotatable bonds is 3. The number of hydrogen-bond donors (Lipinski definition) is 0. The van der Waals surface area contributed by atoms with Crippen LogP contribution in [0, 0.1) is 6.92 Å². The summed E-state index contributed by atoms with van der Waals surface area (Å²) >= 11 is 0. The first-order chi connectivity index (χ1) is 11.0. The van der Waals surface area contributed by atoms with E-state index >= 15 is 0 Å². The average Bonchev–Trinajstić information content (AvgIpc) is 2.76. The van der Waals surface area contributed by atoms with Gasteiger partial charge in [0, 0.05) is 0 Å². The van der Waals surface area contributed by atoms with Gasteiger partial charge in [-0.15, -0.1) is 0 Å². The van der Waals surface area contributed by atoms with Gasteiger partial charge in [-0.1, -0.05) is 59.3 Å². The van der Waals surface area contributed by atoms with Crippen molar-refractivity contribution in [2.45, 2.75) is 11.8 Å². The monoisotopic (exact) mass is 325 g/mol. The summed E-state index contributed by atoms with van der Waals surface area (Å²) in [6.07, 6.45) is 0. The van der Waals surface area contributed by atoms with Gasteiger partial charge in [0.15, 0.2) is 0 Å². The summed E-state index contributed by atoms with van der Waals surface area (Å²) in [6, 6.07) is 21.4. The lowest BCUT2D eigenvalue weighted by atomic mass is 10.2. The van der Waals surface area contributed by atoms with Crippen molar-refractivity contribution in [3.63, 3.8) is 0 Å².